The number of anilines is 1. The van der Waals surface area contributed by atoms with E-state index >= 15 is 0 Å². The summed E-state index contributed by atoms with van der Waals surface area (Å²) in [4.78, 5) is 27.9. The fourth-order valence-corrected chi connectivity index (χ4v) is 4.55. The summed E-state index contributed by atoms with van der Waals surface area (Å²) in [5.74, 6) is -0.0590. The zero-order valence-corrected chi connectivity index (χ0v) is 22.4. The summed E-state index contributed by atoms with van der Waals surface area (Å²) in [6.45, 7) is 4.00. The van der Waals surface area contributed by atoms with Gasteiger partial charge in [0.1, 0.15) is 18.3 Å². The van der Waals surface area contributed by atoms with E-state index in [4.69, 9.17) is 4.74 Å². The normalized spacial score (nSPS) is 12.0. The van der Waals surface area contributed by atoms with Gasteiger partial charge in [0.05, 0.1) is 19.1 Å². The molecular weight excluding hydrogens is 522 g/mol. The number of carbonyl (C=O) groups is 2. The lowest BCUT2D eigenvalue weighted by Gasteiger charge is -2.33. The van der Waals surface area contributed by atoms with Crippen molar-refractivity contribution in [3.63, 3.8) is 0 Å². The molecule has 0 saturated carbocycles. The highest BCUT2D eigenvalue weighted by molar-refractivity contribution is 9.10. The van der Waals surface area contributed by atoms with Crippen molar-refractivity contribution in [1.29, 1.82) is 0 Å². The van der Waals surface area contributed by atoms with Crippen molar-refractivity contribution in [1.82, 2.24) is 10.2 Å². The quantitative estimate of drug-likeness (QED) is 0.433. The van der Waals surface area contributed by atoms with Crippen molar-refractivity contribution in [3.05, 3.63) is 58.6 Å². The summed E-state index contributed by atoms with van der Waals surface area (Å²) >= 11 is 3.33. The number of sulfonamides is 1. The summed E-state index contributed by atoms with van der Waals surface area (Å²) in [5, 5.41) is 2.85. The standard InChI is InChI=1S/C24H32BrN3O5S/c1-5-15-26-24(30)22(6-2)27(16-18-7-13-21(33-3)14-8-18)23(29)17-28(34(4,31)32)20-11-9-19(25)10-12-20/h7-14,22H,5-6,15-17H2,1-4H3,(H,26,30)/t22-/m0/s1. The van der Waals surface area contributed by atoms with E-state index in [9.17, 15) is 18.0 Å². The Balaban J connectivity index is 2.40. The van der Waals surface area contributed by atoms with E-state index in [1.54, 1.807) is 43.5 Å². The minimum atomic E-state index is -3.75. The summed E-state index contributed by atoms with van der Waals surface area (Å²) in [5.41, 5.74) is 1.16. The molecule has 1 N–H and O–H groups in total. The van der Waals surface area contributed by atoms with Crippen LogP contribution in [0.4, 0.5) is 5.69 Å². The van der Waals surface area contributed by atoms with Crippen LogP contribution >= 0.6 is 15.9 Å². The summed E-state index contributed by atoms with van der Waals surface area (Å²) in [6.07, 6.45) is 2.20. The summed E-state index contributed by atoms with van der Waals surface area (Å²) < 4.78 is 32.2. The Labute approximate surface area is 210 Å². The molecule has 0 aliphatic carbocycles. The topological polar surface area (TPSA) is 96.0 Å². The van der Waals surface area contributed by atoms with E-state index < -0.39 is 28.5 Å². The van der Waals surface area contributed by atoms with Crippen LogP contribution in [-0.4, -0.2) is 57.6 Å². The average molecular weight is 555 g/mol. The fourth-order valence-electron chi connectivity index (χ4n) is 3.43. The fraction of sp³-hybridized carbons (Fsp3) is 0.417. The first-order valence-electron chi connectivity index (χ1n) is 11.0. The van der Waals surface area contributed by atoms with E-state index in [0.29, 0.717) is 24.4 Å². The number of benzene rings is 2. The molecule has 0 fully saturated rings. The molecule has 0 bridgehead atoms. The molecule has 2 aromatic carbocycles. The van der Waals surface area contributed by atoms with Crippen LogP contribution in [0, 0.1) is 0 Å². The van der Waals surface area contributed by atoms with Crippen LogP contribution in [0.5, 0.6) is 5.75 Å². The SMILES string of the molecule is CCCNC(=O)[C@H](CC)N(Cc1ccc(OC)cc1)C(=O)CN(c1ccc(Br)cc1)S(C)(=O)=O. The molecule has 0 unspecified atom stereocenters. The monoisotopic (exact) mass is 553 g/mol. The Hall–Kier alpha value is -2.59. The third-order valence-electron chi connectivity index (χ3n) is 5.24. The molecule has 186 valence electrons. The molecule has 0 aromatic heterocycles. The number of ether oxygens (including phenoxy) is 1. The lowest BCUT2D eigenvalue weighted by Crippen LogP contribution is -2.52. The van der Waals surface area contributed by atoms with Crippen molar-refractivity contribution in [2.24, 2.45) is 0 Å². The predicted octanol–water partition coefficient (Wildman–Crippen LogP) is 3.56. The molecule has 0 heterocycles. The smallest absolute Gasteiger partial charge is 0.244 e. The van der Waals surface area contributed by atoms with E-state index in [1.165, 1.54) is 4.90 Å². The number of methoxy groups -OCH3 is 1. The Kier molecular flexibility index (Phi) is 10.4. The number of hydrogen-bond donors (Lipinski definition) is 1. The maximum Gasteiger partial charge on any atom is 0.244 e. The van der Waals surface area contributed by atoms with Crippen LogP contribution in [0.25, 0.3) is 0 Å². The molecule has 2 aromatic rings. The first-order chi connectivity index (χ1) is 16.1. The van der Waals surface area contributed by atoms with Gasteiger partial charge in [-0.15, -0.1) is 0 Å². The van der Waals surface area contributed by atoms with E-state index in [-0.39, 0.29) is 12.5 Å². The van der Waals surface area contributed by atoms with Gasteiger partial charge in [-0.05, 0) is 54.8 Å². The first kappa shape index (κ1) is 27.7. The zero-order valence-electron chi connectivity index (χ0n) is 20.0. The predicted molar refractivity (Wildman–Crippen MR) is 137 cm³/mol. The number of hydrogen-bond acceptors (Lipinski definition) is 5. The summed E-state index contributed by atoms with van der Waals surface area (Å²) in [7, 11) is -2.19. The van der Waals surface area contributed by atoms with Gasteiger partial charge in [0.15, 0.2) is 0 Å². The van der Waals surface area contributed by atoms with Crippen LogP contribution in [0.1, 0.15) is 32.3 Å². The highest BCUT2D eigenvalue weighted by atomic mass is 79.9. The van der Waals surface area contributed by atoms with Gasteiger partial charge in [0.25, 0.3) is 0 Å². The van der Waals surface area contributed by atoms with Crippen molar-refractivity contribution in [3.8, 4) is 5.75 Å². The van der Waals surface area contributed by atoms with Crippen LogP contribution in [0.15, 0.2) is 53.0 Å². The van der Waals surface area contributed by atoms with Crippen molar-refractivity contribution in [2.75, 3.05) is 30.8 Å². The number of amides is 2. The van der Waals surface area contributed by atoms with Gasteiger partial charge >= 0.3 is 0 Å². The molecule has 0 saturated heterocycles. The van der Waals surface area contributed by atoms with Crippen molar-refractivity contribution in [2.45, 2.75) is 39.3 Å². The van der Waals surface area contributed by atoms with Crippen LogP contribution in [-0.2, 0) is 26.2 Å². The molecule has 8 nitrogen and oxygen atoms in total. The minimum Gasteiger partial charge on any atom is -0.497 e. The van der Waals surface area contributed by atoms with Gasteiger partial charge in [-0.2, -0.15) is 0 Å². The number of nitrogens with one attached hydrogen (secondary N) is 1. The zero-order chi connectivity index (χ0) is 25.3. The maximum absolute atomic E-state index is 13.6. The number of nitrogens with zero attached hydrogens (tertiary/aromatic N) is 2. The highest BCUT2D eigenvalue weighted by Gasteiger charge is 2.31. The molecular formula is C24H32BrN3O5S. The average Bonchev–Trinajstić information content (AvgIpc) is 2.81. The Morgan fingerprint density at radius 2 is 1.68 bits per heavy atom. The highest BCUT2D eigenvalue weighted by Crippen LogP contribution is 2.22. The van der Waals surface area contributed by atoms with Crippen LogP contribution in [0.2, 0.25) is 0 Å². The number of rotatable bonds is 12. The molecule has 0 aliphatic rings. The van der Waals surface area contributed by atoms with Gasteiger partial charge in [0.2, 0.25) is 21.8 Å². The molecule has 10 heteroatoms. The number of halogens is 1. The molecule has 34 heavy (non-hydrogen) atoms. The van der Waals surface area contributed by atoms with Gasteiger partial charge in [0, 0.05) is 17.6 Å². The van der Waals surface area contributed by atoms with Gasteiger partial charge < -0.3 is 15.0 Å². The molecule has 0 radical (unpaired) electrons. The maximum atomic E-state index is 13.6. The molecule has 2 rings (SSSR count). The van der Waals surface area contributed by atoms with E-state index in [2.05, 4.69) is 21.2 Å². The third-order valence-corrected chi connectivity index (χ3v) is 6.91. The Morgan fingerprint density at radius 3 is 2.18 bits per heavy atom. The van der Waals surface area contributed by atoms with E-state index in [1.807, 2.05) is 26.0 Å². The van der Waals surface area contributed by atoms with Gasteiger partial charge in [-0.3, -0.25) is 13.9 Å². The van der Waals surface area contributed by atoms with Crippen molar-refractivity contribution >= 4 is 43.5 Å². The largest absolute Gasteiger partial charge is 0.497 e. The number of carbonyl (C=O) groups excluding carboxylic acids is 2. The second-order valence-corrected chi connectivity index (χ2v) is 10.7. The van der Waals surface area contributed by atoms with Crippen LogP contribution < -0.4 is 14.4 Å². The van der Waals surface area contributed by atoms with Gasteiger partial charge in [-0.25, -0.2) is 8.42 Å². The summed E-state index contributed by atoms with van der Waals surface area (Å²) in [6, 6.07) is 13.1. The van der Waals surface area contributed by atoms with Gasteiger partial charge in [-0.1, -0.05) is 41.9 Å². The lowest BCUT2D eigenvalue weighted by atomic mass is 10.1. The lowest BCUT2D eigenvalue weighted by molar-refractivity contribution is -0.140. The molecule has 1 atom stereocenters. The third kappa shape index (κ3) is 7.73. The Morgan fingerprint density at radius 1 is 1.06 bits per heavy atom. The molecule has 0 aliphatic heterocycles. The molecule has 0 spiro atoms. The molecule has 2 amide bonds. The second-order valence-electron chi connectivity index (χ2n) is 7.83. The second kappa shape index (κ2) is 12.8. The first-order valence-corrected chi connectivity index (χ1v) is 13.7. The Bertz CT molecular complexity index is 1060. The van der Waals surface area contributed by atoms with Crippen LogP contribution in [0.3, 0.4) is 0 Å². The van der Waals surface area contributed by atoms with Crippen molar-refractivity contribution < 1.29 is 22.7 Å². The van der Waals surface area contributed by atoms with E-state index in [0.717, 1.165) is 27.0 Å². The minimum absolute atomic E-state index is 0.152.